The maximum absolute atomic E-state index is 11.5. The van der Waals surface area contributed by atoms with Gasteiger partial charge in [-0.2, -0.15) is 0 Å². The van der Waals surface area contributed by atoms with Crippen LogP contribution >= 0.6 is 15.9 Å². The first kappa shape index (κ1) is 16.2. The van der Waals surface area contributed by atoms with E-state index in [9.17, 15) is 9.90 Å². The second kappa shape index (κ2) is 7.06. The summed E-state index contributed by atoms with van der Waals surface area (Å²) >= 11 is 3.39. The standard InChI is InChI=1S/C15H21BrO3/c1-15(2,14(18)19-3)9-5-8-13(17)11-6-4-7-12(16)10-11/h4,6-7,10,13,17H,5,8-9H2,1-3H3. The van der Waals surface area contributed by atoms with Crippen molar-refractivity contribution in [1.29, 1.82) is 0 Å². The Morgan fingerprint density at radius 1 is 1.47 bits per heavy atom. The molecule has 0 spiro atoms. The van der Waals surface area contributed by atoms with E-state index < -0.39 is 11.5 Å². The number of hydrogen-bond acceptors (Lipinski definition) is 3. The molecule has 1 rings (SSSR count). The van der Waals surface area contributed by atoms with Crippen LogP contribution in [-0.2, 0) is 9.53 Å². The van der Waals surface area contributed by atoms with Crippen LogP contribution in [0, 0.1) is 5.41 Å². The Kier molecular flexibility index (Phi) is 6.01. The van der Waals surface area contributed by atoms with Gasteiger partial charge < -0.3 is 9.84 Å². The number of carbonyl (C=O) groups excluding carboxylic acids is 1. The average molecular weight is 329 g/mol. The fraction of sp³-hybridized carbons (Fsp3) is 0.533. The summed E-state index contributed by atoms with van der Waals surface area (Å²) in [4.78, 5) is 11.5. The molecule has 1 aromatic carbocycles. The molecule has 0 amide bonds. The Morgan fingerprint density at radius 3 is 2.74 bits per heavy atom. The van der Waals surface area contributed by atoms with Crippen LogP contribution in [-0.4, -0.2) is 18.2 Å². The summed E-state index contributed by atoms with van der Waals surface area (Å²) in [7, 11) is 1.40. The van der Waals surface area contributed by atoms with Crippen LogP contribution in [0.15, 0.2) is 28.7 Å². The molecule has 106 valence electrons. The van der Waals surface area contributed by atoms with Crippen molar-refractivity contribution in [2.24, 2.45) is 5.41 Å². The molecule has 1 N–H and O–H groups in total. The second-order valence-corrected chi connectivity index (χ2v) is 6.25. The number of aliphatic hydroxyl groups is 1. The highest BCUT2D eigenvalue weighted by atomic mass is 79.9. The summed E-state index contributed by atoms with van der Waals surface area (Å²) in [6.45, 7) is 3.73. The quantitative estimate of drug-likeness (QED) is 0.807. The Balaban J connectivity index is 2.47. The Hall–Kier alpha value is -0.870. The molecule has 0 aliphatic rings. The summed E-state index contributed by atoms with van der Waals surface area (Å²) in [6.07, 6.45) is 1.61. The number of esters is 1. The van der Waals surface area contributed by atoms with Gasteiger partial charge in [-0.3, -0.25) is 4.79 Å². The highest BCUT2D eigenvalue weighted by Gasteiger charge is 2.28. The van der Waals surface area contributed by atoms with E-state index >= 15 is 0 Å². The molecule has 0 aliphatic carbocycles. The largest absolute Gasteiger partial charge is 0.469 e. The molecular weight excluding hydrogens is 308 g/mol. The predicted octanol–water partition coefficient (Wildman–Crippen LogP) is 3.85. The van der Waals surface area contributed by atoms with Crippen LogP contribution in [0.25, 0.3) is 0 Å². The molecule has 1 unspecified atom stereocenters. The maximum atomic E-state index is 11.5. The van der Waals surface area contributed by atoms with Crippen LogP contribution in [0.1, 0.15) is 44.8 Å². The fourth-order valence-corrected chi connectivity index (χ4v) is 2.41. The van der Waals surface area contributed by atoms with Crippen molar-refractivity contribution in [2.45, 2.75) is 39.2 Å². The van der Waals surface area contributed by atoms with Crippen LogP contribution in [0.3, 0.4) is 0 Å². The highest BCUT2D eigenvalue weighted by molar-refractivity contribution is 9.10. The summed E-state index contributed by atoms with van der Waals surface area (Å²) in [6, 6.07) is 7.65. The molecule has 1 aromatic rings. The van der Waals surface area contributed by atoms with Gasteiger partial charge in [0.25, 0.3) is 0 Å². The number of halogens is 1. The number of ether oxygens (including phenoxy) is 1. The minimum atomic E-state index is -0.494. The van der Waals surface area contributed by atoms with E-state index in [0.717, 1.165) is 16.5 Å². The zero-order valence-corrected chi connectivity index (χ0v) is 13.2. The monoisotopic (exact) mass is 328 g/mol. The lowest BCUT2D eigenvalue weighted by atomic mass is 9.86. The molecule has 1 atom stereocenters. The van der Waals surface area contributed by atoms with E-state index in [1.54, 1.807) is 0 Å². The second-order valence-electron chi connectivity index (χ2n) is 5.34. The minimum absolute atomic E-state index is 0.204. The summed E-state index contributed by atoms with van der Waals surface area (Å²) in [5.41, 5.74) is 0.399. The van der Waals surface area contributed by atoms with Gasteiger partial charge in [-0.15, -0.1) is 0 Å². The van der Waals surface area contributed by atoms with Gasteiger partial charge in [0.15, 0.2) is 0 Å². The van der Waals surface area contributed by atoms with Crippen molar-refractivity contribution >= 4 is 21.9 Å². The van der Waals surface area contributed by atoms with Gasteiger partial charge >= 0.3 is 5.97 Å². The average Bonchev–Trinajstić information content (AvgIpc) is 2.37. The van der Waals surface area contributed by atoms with Crippen molar-refractivity contribution in [1.82, 2.24) is 0 Å². The van der Waals surface area contributed by atoms with Crippen LogP contribution in [0.2, 0.25) is 0 Å². The molecular formula is C15H21BrO3. The number of hydrogen-bond donors (Lipinski definition) is 1. The van der Waals surface area contributed by atoms with Gasteiger partial charge in [0.05, 0.1) is 18.6 Å². The van der Waals surface area contributed by atoms with E-state index in [-0.39, 0.29) is 5.97 Å². The predicted molar refractivity (Wildman–Crippen MR) is 78.7 cm³/mol. The number of aliphatic hydroxyl groups excluding tert-OH is 1. The number of methoxy groups -OCH3 is 1. The topological polar surface area (TPSA) is 46.5 Å². The minimum Gasteiger partial charge on any atom is -0.469 e. The normalized spacial score (nSPS) is 13.1. The van der Waals surface area contributed by atoms with Crippen LogP contribution in [0.4, 0.5) is 0 Å². The van der Waals surface area contributed by atoms with Crippen LogP contribution < -0.4 is 0 Å². The van der Waals surface area contributed by atoms with Crippen molar-refractivity contribution in [3.05, 3.63) is 34.3 Å². The van der Waals surface area contributed by atoms with Crippen molar-refractivity contribution in [3.8, 4) is 0 Å². The summed E-state index contributed by atoms with van der Waals surface area (Å²) in [5.74, 6) is -0.204. The zero-order valence-electron chi connectivity index (χ0n) is 11.6. The molecule has 0 aromatic heterocycles. The van der Waals surface area contributed by atoms with Gasteiger partial charge in [0, 0.05) is 4.47 Å². The lowest BCUT2D eigenvalue weighted by Gasteiger charge is -2.22. The van der Waals surface area contributed by atoms with E-state index in [2.05, 4.69) is 15.9 Å². The first-order valence-electron chi connectivity index (χ1n) is 6.39. The van der Waals surface area contributed by atoms with Crippen molar-refractivity contribution < 1.29 is 14.6 Å². The van der Waals surface area contributed by atoms with Gasteiger partial charge in [-0.1, -0.05) is 28.1 Å². The molecule has 0 bridgehead atoms. The molecule has 0 saturated heterocycles. The van der Waals surface area contributed by atoms with Gasteiger partial charge in [0.1, 0.15) is 0 Å². The first-order chi connectivity index (χ1) is 8.86. The van der Waals surface area contributed by atoms with Gasteiger partial charge in [0.2, 0.25) is 0 Å². The van der Waals surface area contributed by atoms with E-state index in [1.807, 2.05) is 38.1 Å². The number of rotatable bonds is 6. The summed E-state index contributed by atoms with van der Waals surface area (Å²) in [5, 5.41) is 10.1. The Morgan fingerprint density at radius 2 is 2.16 bits per heavy atom. The highest BCUT2D eigenvalue weighted by Crippen LogP contribution is 2.28. The smallest absolute Gasteiger partial charge is 0.311 e. The first-order valence-corrected chi connectivity index (χ1v) is 7.18. The fourth-order valence-electron chi connectivity index (χ4n) is 2.00. The zero-order chi connectivity index (χ0) is 14.5. The van der Waals surface area contributed by atoms with Crippen molar-refractivity contribution in [3.63, 3.8) is 0 Å². The molecule has 3 nitrogen and oxygen atoms in total. The van der Waals surface area contributed by atoms with Gasteiger partial charge in [-0.05, 0) is 50.8 Å². The van der Waals surface area contributed by atoms with E-state index in [1.165, 1.54) is 7.11 Å². The third-order valence-electron chi connectivity index (χ3n) is 3.25. The molecule has 0 saturated carbocycles. The molecule has 4 heteroatoms. The SMILES string of the molecule is COC(=O)C(C)(C)CCCC(O)c1cccc(Br)c1. The number of benzene rings is 1. The lowest BCUT2D eigenvalue weighted by Crippen LogP contribution is -2.25. The summed E-state index contributed by atoms with van der Waals surface area (Å²) < 4.78 is 5.72. The third-order valence-corrected chi connectivity index (χ3v) is 3.74. The van der Waals surface area contributed by atoms with Gasteiger partial charge in [-0.25, -0.2) is 0 Å². The maximum Gasteiger partial charge on any atom is 0.311 e. The Labute approximate surface area is 123 Å². The Bertz CT molecular complexity index is 429. The van der Waals surface area contributed by atoms with Crippen LogP contribution in [0.5, 0.6) is 0 Å². The van der Waals surface area contributed by atoms with E-state index in [4.69, 9.17) is 4.74 Å². The third kappa shape index (κ3) is 4.96. The molecule has 0 fully saturated rings. The molecule has 19 heavy (non-hydrogen) atoms. The number of carbonyl (C=O) groups is 1. The molecule has 0 radical (unpaired) electrons. The molecule has 0 heterocycles. The van der Waals surface area contributed by atoms with Crippen molar-refractivity contribution in [2.75, 3.05) is 7.11 Å². The van der Waals surface area contributed by atoms with E-state index in [0.29, 0.717) is 12.8 Å². The molecule has 0 aliphatic heterocycles. The lowest BCUT2D eigenvalue weighted by molar-refractivity contribution is -0.151.